The molecule has 0 radical (unpaired) electrons. The van der Waals surface area contributed by atoms with Crippen LogP contribution < -0.4 is 9.80 Å². The Morgan fingerprint density at radius 3 is 1.78 bits per heavy atom. The Hall–Kier alpha value is -0.600. The van der Waals surface area contributed by atoms with Crippen molar-refractivity contribution in [3.63, 3.8) is 0 Å². The first-order valence-electron chi connectivity index (χ1n) is 9.96. The molecule has 0 bridgehead atoms. The van der Waals surface area contributed by atoms with Gasteiger partial charge in [-0.2, -0.15) is 0 Å². The molecule has 2 N–H and O–H groups in total. The molecule has 2 aliphatic carbocycles. The normalized spacial score (nSPS) is 25.7. The minimum Gasteiger partial charge on any atom is -0.340 e. The lowest BCUT2D eigenvalue weighted by atomic mass is 9.88. The lowest BCUT2D eigenvalue weighted by Gasteiger charge is -2.30. The van der Waals surface area contributed by atoms with E-state index in [1.54, 1.807) is 16.0 Å². The van der Waals surface area contributed by atoms with Crippen molar-refractivity contribution >= 4 is 0 Å². The van der Waals surface area contributed by atoms with Gasteiger partial charge in [0.1, 0.15) is 0 Å². The SMILES string of the molecule is CC1=CC[C@H](C[NH+](CCC[NH+](C)C)C[C@H]2CC=C(C)CC2)CC1. The van der Waals surface area contributed by atoms with Crippen LogP contribution >= 0.6 is 0 Å². The van der Waals surface area contributed by atoms with Crippen molar-refractivity contribution in [3.05, 3.63) is 23.3 Å². The molecule has 2 aliphatic rings. The minimum atomic E-state index is 0.932. The van der Waals surface area contributed by atoms with Gasteiger partial charge >= 0.3 is 0 Å². The highest BCUT2D eigenvalue weighted by Gasteiger charge is 2.23. The zero-order valence-electron chi connectivity index (χ0n) is 16.1. The van der Waals surface area contributed by atoms with E-state index in [-0.39, 0.29) is 0 Å². The van der Waals surface area contributed by atoms with Gasteiger partial charge in [0.2, 0.25) is 0 Å². The summed E-state index contributed by atoms with van der Waals surface area (Å²) in [7, 11) is 4.56. The molecule has 0 fully saturated rings. The maximum Gasteiger partial charge on any atom is 0.0825 e. The van der Waals surface area contributed by atoms with E-state index in [4.69, 9.17) is 0 Å². The van der Waals surface area contributed by atoms with Crippen LogP contribution in [-0.2, 0) is 0 Å². The molecule has 2 rings (SSSR count). The van der Waals surface area contributed by atoms with E-state index >= 15 is 0 Å². The molecule has 0 aliphatic heterocycles. The van der Waals surface area contributed by atoms with E-state index in [2.05, 4.69) is 40.1 Å². The zero-order chi connectivity index (χ0) is 16.7. The molecule has 0 saturated heterocycles. The first-order chi connectivity index (χ1) is 11.0. The molecule has 0 aromatic carbocycles. The van der Waals surface area contributed by atoms with Gasteiger partial charge in [-0.05, 0) is 52.4 Å². The Bertz CT molecular complexity index is 376. The number of allylic oxidation sites excluding steroid dienone is 4. The maximum atomic E-state index is 2.50. The molecule has 0 aromatic rings. The quantitative estimate of drug-likeness (QED) is 0.632. The van der Waals surface area contributed by atoms with Gasteiger partial charge in [-0.3, -0.25) is 0 Å². The van der Waals surface area contributed by atoms with E-state index in [0.717, 1.165) is 11.8 Å². The summed E-state index contributed by atoms with van der Waals surface area (Å²) in [6.45, 7) is 10.1. The third kappa shape index (κ3) is 7.22. The van der Waals surface area contributed by atoms with Crippen molar-refractivity contribution in [2.75, 3.05) is 40.3 Å². The summed E-state index contributed by atoms with van der Waals surface area (Å²) in [6.07, 6.45) is 14.6. The number of rotatable bonds is 8. The molecule has 23 heavy (non-hydrogen) atoms. The smallest absolute Gasteiger partial charge is 0.0825 e. The predicted octanol–water partition coefficient (Wildman–Crippen LogP) is 1.90. The first kappa shape index (κ1) is 18.7. The fourth-order valence-electron chi connectivity index (χ4n) is 4.21. The predicted molar refractivity (Wildman–Crippen MR) is 100 cm³/mol. The fraction of sp³-hybridized carbons (Fsp3) is 0.810. The highest BCUT2D eigenvalue weighted by Crippen LogP contribution is 2.23. The zero-order valence-corrected chi connectivity index (χ0v) is 16.1. The molecule has 0 unspecified atom stereocenters. The summed E-state index contributed by atoms with van der Waals surface area (Å²) < 4.78 is 0. The first-order valence-corrected chi connectivity index (χ1v) is 9.96. The summed E-state index contributed by atoms with van der Waals surface area (Å²) in [4.78, 5) is 3.49. The van der Waals surface area contributed by atoms with Gasteiger partial charge in [-0.25, -0.2) is 0 Å². The van der Waals surface area contributed by atoms with Crippen molar-refractivity contribution in [1.82, 2.24) is 0 Å². The van der Waals surface area contributed by atoms with Gasteiger partial charge in [0.05, 0.1) is 40.3 Å². The monoisotopic (exact) mass is 320 g/mol. The second-order valence-corrected chi connectivity index (χ2v) is 8.60. The molecule has 2 heteroatoms. The molecule has 0 heterocycles. The van der Waals surface area contributed by atoms with Gasteiger partial charge in [-0.15, -0.1) is 0 Å². The van der Waals surface area contributed by atoms with E-state index < -0.39 is 0 Å². The molecule has 2 nitrogen and oxygen atoms in total. The van der Waals surface area contributed by atoms with Gasteiger partial charge in [0.15, 0.2) is 0 Å². The summed E-state index contributed by atoms with van der Waals surface area (Å²) in [6, 6.07) is 0. The van der Waals surface area contributed by atoms with Gasteiger partial charge in [0, 0.05) is 18.3 Å². The highest BCUT2D eigenvalue weighted by molar-refractivity contribution is 5.03. The molecule has 132 valence electrons. The summed E-state index contributed by atoms with van der Waals surface area (Å²) in [5.74, 6) is 1.86. The van der Waals surface area contributed by atoms with Crippen LogP contribution in [0.25, 0.3) is 0 Å². The van der Waals surface area contributed by atoms with Crippen LogP contribution in [0.1, 0.15) is 58.8 Å². The second kappa shape index (κ2) is 9.64. The topological polar surface area (TPSA) is 8.88 Å². The van der Waals surface area contributed by atoms with Crippen molar-refractivity contribution in [2.45, 2.75) is 58.8 Å². The number of quaternary nitrogens is 2. The molecule has 0 spiro atoms. The average molecular weight is 321 g/mol. The molecule has 2 atom stereocenters. The molecular formula is C21H40N2+2. The molecule has 0 amide bonds. The summed E-state index contributed by atoms with van der Waals surface area (Å²) >= 11 is 0. The van der Waals surface area contributed by atoms with E-state index in [1.807, 2.05) is 4.90 Å². The van der Waals surface area contributed by atoms with Crippen LogP contribution in [0.4, 0.5) is 0 Å². The lowest BCUT2D eigenvalue weighted by Crippen LogP contribution is -3.14. The van der Waals surface area contributed by atoms with Crippen LogP contribution in [0.2, 0.25) is 0 Å². The number of hydrogen-bond donors (Lipinski definition) is 2. The Labute approximate surface area is 144 Å². The maximum absolute atomic E-state index is 2.50. The number of hydrogen-bond acceptors (Lipinski definition) is 0. The number of nitrogens with one attached hydrogen (secondary N) is 2. The Morgan fingerprint density at radius 2 is 1.39 bits per heavy atom. The Morgan fingerprint density at radius 1 is 0.870 bits per heavy atom. The van der Waals surface area contributed by atoms with Crippen LogP contribution in [0.5, 0.6) is 0 Å². The largest absolute Gasteiger partial charge is 0.340 e. The van der Waals surface area contributed by atoms with Crippen molar-refractivity contribution < 1.29 is 9.80 Å². The highest BCUT2D eigenvalue weighted by atomic mass is 15.1. The Kier molecular flexibility index (Phi) is 7.85. The second-order valence-electron chi connectivity index (χ2n) is 8.60. The van der Waals surface area contributed by atoms with Gasteiger partial charge in [0.25, 0.3) is 0 Å². The minimum absolute atomic E-state index is 0.932. The van der Waals surface area contributed by atoms with Crippen molar-refractivity contribution in [3.8, 4) is 0 Å². The fourth-order valence-corrected chi connectivity index (χ4v) is 4.21. The molecule has 0 saturated carbocycles. The summed E-state index contributed by atoms with van der Waals surface area (Å²) in [5.41, 5.74) is 3.24. The van der Waals surface area contributed by atoms with Crippen LogP contribution in [0.15, 0.2) is 23.3 Å². The van der Waals surface area contributed by atoms with Gasteiger partial charge < -0.3 is 9.80 Å². The standard InChI is InChI=1S/C21H38N2/c1-18-6-10-20(11-7-18)16-23(15-5-14-22(3)4)17-21-12-8-19(2)9-13-21/h6,8,20-21H,5,7,9-17H2,1-4H3/p+2/t20-,21-/m0/s1. The third-order valence-corrected chi connectivity index (χ3v) is 5.85. The third-order valence-electron chi connectivity index (χ3n) is 5.85. The van der Waals surface area contributed by atoms with E-state index in [0.29, 0.717) is 0 Å². The van der Waals surface area contributed by atoms with Crippen LogP contribution in [-0.4, -0.2) is 40.3 Å². The van der Waals surface area contributed by atoms with Crippen molar-refractivity contribution in [1.29, 1.82) is 0 Å². The van der Waals surface area contributed by atoms with Crippen LogP contribution in [0.3, 0.4) is 0 Å². The van der Waals surface area contributed by atoms with E-state index in [9.17, 15) is 0 Å². The Balaban J connectivity index is 1.83. The van der Waals surface area contributed by atoms with Crippen molar-refractivity contribution in [2.24, 2.45) is 11.8 Å². The van der Waals surface area contributed by atoms with E-state index in [1.165, 1.54) is 71.1 Å². The summed E-state index contributed by atoms with van der Waals surface area (Å²) in [5, 5.41) is 0. The van der Waals surface area contributed by atoms with Crippen LogP contribution in [0, 0.1) is 11.8 Å². The lowest BCUT2D eigenvalue weighted by molar-refractivity contribution is -0.914. The van der Waals surface area contributed by atoms with Gasteiger partial charge in [-0.1, -0.05) is 23.3 Å². The average Bonchev–Trinajstić information content (AvgIpc) is 2.51. The molecule has 0 aromatic heterocycles. The molecular weight excluding hydrogens is 280 g/mol.